The Bertz CT molecular complexity index is 1480. The van der Waals surface area contributed by atoms with Crippen LogP contribution in [0.4, 0.5) is 11.5 Å². The number of nitrogens with zero attached hydrogens (tertiary/aromatic N) is 4. The summed E-state index contributed by atoms with van der Waals surface area (Å²) in [5.41, 5.74) is -0.256. The van der Waals surface area contributed by atoms with Crippen LogP contribution in [0.15, 0.2) is 62.6 Å². The second-order valence-corrected chi connectivity index (χ2v) is 7.95. The van der Waals surface area contributed by atoms with E-state index in [-0.39, 0.29) is 55.8 Å². The van der Waals surface area contributed by atoms with Crippen LogP contribution in [0.1, 0.15) is 24.7 Å². The zero-order chi connectivity index (χ0) is 27.1. The molecule has 0 fully saturated rings. The van der Waals surface area contributed by atoms with Crippen molar-refractivity contribution in [2.45, 2.75) is 26.5 Å². The van der Waals surface area contributed by atoms with E-state index < -0.39 is 22.2 Å². The van der Waals surface area contributed by atoms with Crippen molar-refractivity contribution in [3.8, 4) is 11.6 Å². The lowest BCUT2D eigenvalue weighted by Gasteiger charge is -2.22. The van der Waals surface area contributed by atoms with Crippen molar-refractivity contribution in [1.82, 2.24) is 9.97 Å². The molecular formula is C25H24N4O9. The number of carbonyl (C=O) groups excluding carboxylic acids is 1. The summed E-state index contributed by atoms with van der Waals surface area (Å²) in [6.07, 6.45) is 2.55. The summed E-state index contributed by atoms with van der Waals surface area (Å²) in [5.74, 6) is -0.228. The Morgan fingerprint density at radius 1 is 1.21 bits per heavy atom. The van der Waals surface area contributed by atoms with Gasteiger partial charge in [0, 0.05) is 31.2 Å². The summed E-state index contributed by atoms with van der Waals surface area (Å²) >= 11 is 0. The molecular weight excluding hydrogens is 500 g/mol. The van der Waals surface area contributed by atoms with E-state index in [9.17, 15) is 19.7 Å². The normalized spacial score (nSPS) is 10.9. The van der Waals surface area contributed by atoms with E-state index in [2.05, 4.69) is 9.97 Å². The van der Waals surface area contributed by atoms with Crippen molar-refractivity contribution in [1.29, 1.82) is 0 Å². The number of carbonyl (C=O) groups is 1. The minimum absolute atomic E-state index is 0.0423. The maximum absolute atomic E-state index is 12.2. The molecule has 0 aliphatic rings. The van der Waals surface area contributed by atoms with Crippen LogP contribution in [-0.2, 0) is 27.4 Å². The van der Waals surface area contributed by atoms with Crippen LogP contribution in [0.2, 0.25) is 0 Å². The van der Waals surface area contributed by atoms with E-state index in [4.69, 9.17) is 23.0 Å². The van der Waals surface area contributed by atoms with Crippen LogP contribution in [0, 0.1) is 10.1 Å². The maximum atomic E-state index is 12.2. The molecule has 0 spiro atoms. The van der Waals surface area contributed by atoms with Crippen molar-refractivity contribution >= 4 is 28.4 Å². The topological polar surface area (TPSA) is 160 Å². The maximum Gasteiger partial charge on any atom is 0.373 e. The summed E-state index contributed by atoms with van der Waals surface area (Å²) in [5, 5.41) is 12.8. The molecule has 0 bridgehead atoms. The summed E-state index contributed by atoms with van der Waals surface area (Å²) in [7, 11) is 1.51. The van der Waals surface area contributed by atoms with Crippen molar-refractivity contribution in [2.24, 2.45) is 0 Å². The lowest BCUT2D eigenvalue weighted by Crippen LogP contribution is -2.28. The Balaban J connectivity index is 1.70. The van der Waals surface area contributed by atoms with Gasteiger partial charge in [-0.3, -0.25) is 14.9 Å². The summed E-state index contributed by atoms with van der Waals surface area (Å²) in [6.45, 7) is 2.24. The predicted molar refractivity (Wildman–Crippen MR) is 133 cm³/mol. The van der Waals surface area contributed by atoms with Gasteiger partial charge in [0.1, 0.15) is 23.4 Å². The molecule has 0 amide bonds. The van der Waals surface area contributed by atoms with Crippen LogP contribution in [0.5, 0.6) is 11.6 Å². The predicted octanol–water partition coefficient (Wildman–Crippen LogP) is 3.98. The van der Waals surface area contributed by atoms with Gasteiger partial charge in [0.2, 0.25) is 5.82 Å². The molecule has 3 heterocycles. The second kappa shape index (κ2) is 12.0. The van der Waals surface area contributed by atoms with E-state index in [1.54, 1.807) is 31.2 Å². The number of ether oxygens (including phenoxy) is 3. The molecule has 0 saturated heterocycles. The van der Waals surface area contributed by atoms with Crippen LogP contribution in [0.25, 0.3) is 11.0 Å². The third-order valence-corrected chi connectivity index (χ3v) is 5.39. The van der Waals surface area contributed by atoms with Gasteiger partial charge >= 0.3 is 23.2 Å². The number of rotatable bonds is 12. The molecule has 198 valence electrons. The number of hydrogen-bond donors (Lipinski definition) is 0. The van der Waals surface area contributed by atoms with Gasteiger partial charge in [0.15, 0.2) is 0 Å². The van der Waals surface area contributed by atoms with Crippen LogP contribution in [-0.4, -0.2) is 41.1 Å². The molecule has 0 atom stereocenters. The minimum Gasteiger partial charge on any atom is -0.467 e. The smallest absolute Gasteiger partial charge is 0.373 e. The fraction of sp³-hybridized carbons (Fsp3) is 0.280. The first kappa shape index (κ1) is 26.3. The van der Waals surface area contributed by atoms with Gasteiger partial charge in [-0.2, -0.15) is 4.98 Å². The van der Waals surface area contributed by atoms with Gasteiger partial charge in [0.25, 0.3) is 0 Å². The van der Waals surface area contributed by atoms with E-state index in [0.29, 0.717) is 16.7 Å². The molecule has 0 unspecified atom stereocenters. The highest BCUT2D eigenvalue weighted by Crippen LogP contribution is 2.37. The number of nitro groups is 1. The van der Waals surface area contributed by atoms with E-state index >= 15 is 0 Å². The van der Waals surface area contributed by atoms with Crippen molar-refractivity contribution in [3.05, 3.63) is 80.8 Å². The summed E-state index contributed by atoms with van der Waals surface area (Å²) < 4.78 is 26.6. The fourth-order valence-corrected chi connectivity index (χ4v) is 3.79. The quantitative estimate of drug-likeness (QED) is 0.114. The summed E-state index contributed by atoms with van der Waals surface area (Å²) in [4.78, 5) is 45.1. The molecule has 0 saturated carbocycles. The number of fused-ring (bicyclic) bond motifs is 1. The first-order chi connectivity index (χ1) is 18.4. The highest BCUT2D eigenvalue weighted by atomic mass is 16.6. The second-order valence-electron chi connectivity index (χ2n) is 7.95. The van der Waals surface area contributed by atoms with Crippen molar-refractivity contribution < 1.29 is 32.8 Å². The molecule has 1 aromatic carbocycles. The van der Waals surface area contributed by atoms with Gasteiger partial charge in [-0.15, -0.1) is 0 Å². The molecule has 38 heavy (non-hydrogen) atoms. The molecule has 0 radical (unpaired) electrons. The molecule has 0 aliphatic carbocycles. The van der Waals surface area contributed by atoms with Crippen LogP contribution < -0.4 is 15.3 Å². The number of anilines is 1. The highest BCUT2D eigenvalue weighted by molar-refractivity contribution is 5.81. The molecule has 4 aromatic rings. The van der Waals surface area contributed by atoms with Crippen LogP contribution in [0.3, 0.4) is 0 Å². The Kier molecular flexibility index (Phi) is 8.28. The van der Waals surface area contributed by atoms with E-state index in [1.165, 1.54) is 30.4 Å². The average molecular weight is 524 g/mol. The number of aromatic nitrogens is 2. The lowest BCUT2D eigenvalue weighted by atomic mass is 10.1. The number of furan rings is 1. The summed E-state index contributed by atoms with van der Waals surface area (Å²) in [6, 6.07) is 9.35. The minimum atomic E-state index is -0.665. The van der Waals surface area contributed by atoms with Gasteiger partial charge in [-0.25, -0.2) is 9.78 Å². The lowest BCUT2D eigenvalue weighted by molar-refractivity contribution is -0.385. The van der Waals surface area contributed by atoms with E-state index in [0.717, 1.165) is 6.33 Å². The SMILES string of the molecule is CCOC(=O)CCN(Cc1ccco1)c1ncnc(Oc2ccc3c(COC)cc(=O)oc3c2)c1[N+](=O)[O-]. The molecule has 0 aliphatic heterocycles. The van der Waals surface area contributed by atoms with Crippen LogP contribution >= 0.6 is 0 Å². The van der Waals surface area contributed by atoms with Gasteiger partial charge in [0.05, 0.1) is 37.4 Å². The number of methoxy groups -OCH3 is 1. The Morgan fingerprint density at radius 2 is 2.05 bits per heavy atom. The highest BCUT2D eigenvalue weighted by Gasteiger charge is 2.30. The van der Waals surface area contributed by atoms with Gasteiger partial charge < -0.3 is 27.9 Å². The van der Waals surface area contributed by atoms with E-state index in [1.807, 2.05) is 0 Å². The molecule has 3 aromatic heterocycles. The third-order valence-electron chi connectivity index (χ3n) is 5.39. The fourth-order valence-electron chi connectivity index (χ4n) is 3.79. The zero-order valence-corrected chi connectivity index (χ0v) is 20.6. The van der Waals surface area contributed by atoms with Gasteiger partial charge in [-0.1, -0.05) is 0 Å². The number of esters is 1. The average Bonchev–Trinajstić information content (AvgIpc) is 3.39. The number of benzene rings is 1. The molecule has 0 N–H and O–H groups in total. The molecule has 13 nitrogen and oxygen atoms in total. The zero-order valence-electron chi connectivity index (χ0n) is 20.6. The first-order valence-corrected chi connectivity index (χ1v) is 11.6. The Labute approximate surface area is 215 Å². The van der Waals surface area contributed by atoms with Crippen molar-refractivity contribution in [3.63, 3.8) is 0 Å². The Hall–Kier alpha value is -4.78. The standard InChI is InChI=1S/C25H24N4O9/c1-3-35-21(30)8-9-28(13-18-5-4-10-36-18)24-23(29(32)33)25(27-15-26-24)37-17-6-7-19-16(14-34-2)11-22(31)38-20(19)12-17/h4-7,10-12,15H,3,8-9,13-14H2,1-2H3. The molecule has 13 heteroatoms. The first-order valence-electron chi connectivity index (χ1n) is 11.6. The van der Waals surface area contributed by atoms with Gasteiger partial charge in [-0.05, 0) is 36.8 Å². The van der Waals surface area contributed by atoms with Crippen molar-refractivity contribution in [2.75, 3.05) is 25.2 Å². The largest absolute Gasteiger partial charge is 0.467 e. The number of hydrogen-bond acceptors (Lipinski definition) is 12. The molecule has 4 rings (SSSR count). The monoisotopic (exact) mass is 524 g/mol. The third kappa shape index (κ3) is 6.13. The Morgan fingerprint density at radius 3 is 2.76 bits per heavy atom.